The summed E-state index contributed by atoms with van der Waals surface area (Å²) in [6.07, 6.45) is 0. The molecule has 0 fully saturated rings. The van der Waals surface area contributed by atoms with Gasteiger partial charge in [0.05, 0.1) is 33.3 Å². The van der Waals surface area contributed by atoms with E-state index in [1.807, 2.05) is 12.1 Å². The fourth-order valence-corrected chi connectivity index (χ4v) is 12.0. The van der Waals surface area contributed by atoms with Crippen molar-refractivity contribution in [2.45, 2.75) is 0 Å². The van der Waals surface area contributed by atoms with Crippen LogP contribution in [0.15, 0.2) is 217 Å². The lowest BCUT2D eigenvalue weighted by Gasteiger charge is -2.17. The van der Waals surface area contributed by atoms with Gasteiger partial charge in [-0.3, -0.25) is 0 Å². The first kappa shape index (κ1) is 37.3. The van der Waals surface area contributed by atoms with Gasteiger partial charge in [-0.05, 0) is 83.6 Å². The number of fused-ring (bicyclic) bond motifs is 13. The average molecular weight is 886 g/mol. The van der Waals surface area contributed by atoms with Gasteiger partial charge >= 0.3 is 0 Å². The highest BCUT2D eigenvalue weighted by molar-refractivity contribution is 7.26. The van der Waals surface area contributed by atoms with E-state index in [4.69, 9.17) is 19.4 Å². The topological polar surface area (TPSA) is 61.7 Å². The molecule has 15 rings (SSSR count). The van der Waals surface area contributed by atoms with E-state index in [9.17, 15) is 0 Å². The van der Waals surface area contributed by atoms with E-state index in [1.165, 1.54) is 37.0 Å². The van der Waals surface area contributed by atoms with Gasteiger partial charge in [-0.1, -0.05) is 140 Å². The molecule has 0 bridgehead atoms. The second-order valence-electron chi connectivity index (χ2n) is 17.5. The normalized spacial score (nSPS) is 12.1. The van der Waals surface area contributed by atoms with Crippen molar-refractivity contribution in [3.8, 4) is 45.5 Å². The summed E-state index contributed by atoms with van der Waals surface area (Å²) in [5.74, 6) is 1.74. The third-order valence-corrected chi connectivity index (χ3v) is 15.0. The number of benzene rings is 10. The molecule has 0 radical (unpaired) electrons. The number of furan rings is 1. The highest BCUT2D eigenvalue weighted by atomic mass is 32.1. The fraction of sp³-hybridized carbons (Fsp3) is 0. The van der Waals surface area contributed by atoms with Crippen LogP contribution in [-0.2, 0) is 0 Å². The van der Waals surface area contributed by atoms with Crippen molar-refractivity contribution in [3.63, 3.8) is 0 Å². The van der Waals surface area contributed by atoms with Crippen LogP contribution in [0.4, 0.5) is 0 Å². The lowest BCUT2D eigenvalue weighted by molar-refractivity contribution is 0.669. The maximum Gasteiger partial charge on any atom is 0.166 e. The molecule has 0 amide bonds. The highest BCUT2D eigenvalue weighted by Gasteiger charge is 2.27. The first-order valence-corrected chi connectivity index (χ1v) is 23.7. The van der Waals surface area contributed by atoms with Crippen molar-refractivity contribution < 1.29 is 4.42 Å². The Kier molecular flexibility index (Phi) is 7.85. The predicted octanol–water partition coefficient (Wildman–Crippen LogP) is 16.5. The summed E-state index contributed by atoms with van der Waals surface area (Å²) in [6.45, 7) is 0. The zero-order valence-corrected chi connectivity index (χ0v) is 37.1. The van der Waals surface area contributed by atoms with Crippen LogP contribution in [0.5, 0.6) is 0 Å². The van der Waals surface area contributed by atoms with Crippen molar-refractivity contribution in [3.05, 3.63) is 212 Å². The molecule has 5 aromatic heterocycles. The minimum Gasteiger partial charge on any atom is -0.456 e. The number of nitrogens with zero attached hydrogens (tertiary/aromatic N) is 5. The van der Waals surface area contributed by atoms with Crippen LogP contribution in [0.3, 0.4) is 0 Å². The van der Waals surface area contributed by atoms with Crippen LogP contribution >= 0.6 is 11.3 Å². The van der Waals surface area contributed by atoms with Crippen molar-refractivity contribution in [2.24, 2.45) is 0 Å². The Bertz CT molecular complexity index is 4580. The van der Waals surface area contributed by atoms with Gasteiger partial charge < -0.3 is 13.6 Å². The first-order valence-electron chi connectivity index (χ1n) is 22.9. The first-order chi connectivity index (χ1) is 33.7. The van der Waals surface area contributed by atoms with Crippen molar-refractivity contribution in [1.82, 2.24) is 24.1 Å². The second-order valence-corrected chi connectivity index (χ2v) is 18.5. The quantitative estimate of drug-likeness (QED) is 0.173. The summed E-state index contributed by atoms with van der Waals surface area (Å²) in [5, 5.41) is 11.3. The molecule has 10 aromatic carbocycles. The number of rotatable bonds is 5. The Labute approximate surface area is 392 Å². The number of hydrogen-bond donors (Lipinski definition) is 0. The molecule has 0 unspecified atom stereocenters. The molecule has 0 aliphatic rings. The molecule has 0 aliphatic heterocycles. The number of hydrogen-bond acceptors (Lipinski definition) is 5. The SMILES string of the molecule is c1ccc(-n2c3ccccc3c3cccc(-c4nc(-c5cccc6c5sc5ccccc56)nc(-c5c(-n6c7ccccc7c7cc8ccccc8cc76)ccc6oc7ccccc7c56)n4)c32)cc1. The van der Waals surface area contributed by atoms with E-state index in [-0.39, 0.29) is 0 Å². The van der Waals surface area contributed by atoms with Crippen LogP contribution in [0.25, 0.3) is 142 Å². The van der Waals surface area contributed by atoms with E-state index >= 15 is 0 Å². The molecule has 6 nitrogen and oxygen atoms in total. The predicted molar refractivity (Wildman–Crippen MR) is 282 cm³/mol. The van der Waals surface area contributed by atoms with Crippen molar-refractivity contribution in [2.75, 3.05) is 0 Å². The third-order valence-electron chi connectivity index (χ3n) is 13.8. The zero-order valence-electron chi connectivity index (χ0n) is 36.3. The maximum absolute atomic E-state index is 6.71. The van der Waals surface area contributed by atoms with Crippen LogP contribution in [0, 0.1) is 0 Å². The van der Waals surface area contributed by atoms with E-state index in [0.717, 1.165) is 87.5 Å². The summed E-state index contributed by atoms with van der Waals surface area (Å²) in [7, 11) is 0. The monoisotopic (exact) mass is 885 g/mol. The van der Waals surface area contributed by atoms with Gasteiger partial charge in [0.2, 0.25) is 0 Å². The Balaban J connectivity index is 1.11. The fourth-order valence-electron chi connectivity index (χ4n) is 10.8. The smallest absolute Gasteiger partial charge is 0.166 e. The average Bonchev–Trinajstić information content (AvgIpc) is 4.15. The van der Waals surface area contributed by atoms with Gasteiger partial charge in [-0.15, -0.1) is 11.3 Å². The minimum atomic E-state index is 0.557. The van der Waals surface area contributed by atoms with E-state index in [2.05, 4.69) is 209 Å². The molecule has 316 valence electrons. The Hall–Kier alpha value is -8.91. The highest BCUT2D eigenvalue weighted by Crippen LogP contribution is 2.46. The Morgan fingerprint density at radius 3 is 1.81 bits per heavy atom. The van der Waals surface area contributed by atoms with Gasteiger partial charge in [0.1, 0.15) is 11.2 Å². The summed E-state index contributed by atoms with van der Waals surface area (Å²) < 4.78 is 13.8. The Morgan fingerprint density at radius 2 is 0.985 bits per heavy atom. The molecule has 5 heterocycles. The lowest BCUT2D eigenvalue weighted by atomic mass is 10.0. The number of para-hydroxylation sites is 5. The van der Waals surface area contributed by atoms with Gasteiger partial charge in [-0.25, -0.2) is 15.0 Å². The lowest BCUT2D eigenvalue weighted by Crippen LogP contribution is -2.05. The molecule has 0 N–H and O–H groups in total. The summed E-state index contributed by atoms with van der Waals surface area (Å²) >= 11 is 1.78. The summed E-state index contributed by atoms with van der Waals surface area (Å²) in [6, 6.07) is 75.4. The number of thiophene rings is 1. The second kappa shape index (κ2) is 14.3. The van der Waals surface area contributed by atoms with Crippen LogP contribution in [0.2, 0.25) is 0 Å². The minimum absolute atomic E-state index is 0.557. The van der Waals surface area contributed by atoms with Crippen LogP contribution < -0.4 is 0 Å². The van der Waals surface area contributed by atoms with Crippen molar-refractivity contribution in [1.29, 1.82) is 0 Å². The van der Waals surface area contributed by atoms with Gasteiger partial charge in [0, 0.05) is 69.3 Å². The molecule has 0 saturated carbocycles. The third kappa shape index (κ3) is 5.36. The standard InChI is InChI=1S/C61H35N5OS/c1-2-18-38(19-3-1)65-48-28-10-6-20-39(48)42-24-14-26-45(57(42)65)59-62-60(46-27-15-25-43-41-22-9-13-31-54(41)68-58(43)46)64-61(63-59)56-50(32-33-53-55(56)44-23-8-12-30-52(44)67-53)66-49-29-11-7-21-40(49)47-34-36-16-4-5-17-37(36)35-51(47)66/h1-35H. The van der Waals surface area contributed by atoms with E-state index < -0.39 is 0 Å². The molecular formula is C61H35N5OS. The van der Waals surface area contributed by atoms with Crippen LogP contribution in [-0.4, -0.2) is 24.1 Å². The molecule has 68 heavy (non-hydrogen) atoms. The molecule has 0 aliphatic carbocycles. The zero-order chi connectivity index (χ0) is 44.5. The number of aromatic nitrogens is 5. The van der Waals surface area contributed by atoms with Crippen LogP contribution in [0.1, 0.15) is 0 Å². The molecular weight excluding hydrogens is 851 g/mol. The maximum atomic E-state index is 6.71. The molecule has 0 saturated heterocycles. The molecule has 15 aromatic rings. The van der Waals surface area contributed by atoms with E-state index in [0.29, 0.717) is 17.5 Å². The summed E-state index contributed by atoms with van der Waals surface area (Å²) in [5.41, 5.74) is 10.6. The largest absolute Gasteiger partial charge is 0.456 e. The molecule has 0 atom stereocenters. The van der Waals surface area contributed by atoms with Gasteiger partial charge in [0.25, 0.3) is 0 Å². The van der Waals surface area contributed by atoms with Gasteiger partial charge in [-0.2, -0.15) is 0 Å². The van der Waals surface area contributed by atoms with Crippen molar-refractivity contribution >= 4 is 108 Å². The van der Waals surface area contributed by atoms with Gasteiger partial charge in [0.15, 0.2) is 17.5 Å². The van der Waals surface area contributed by atoms with E-state index in [1.54, 1.807) is 11.3 Å². The Morgan fingerprint density at radius 1 is 0.382 bits per heavy atom. The molecule has 7 heteroatoms. The summed E-state index contributed by atoms with van der Waals surface area (Å²) in [4.78, 5) is 16.9. The molecule has 0 spiro atoms.